The second kappa shape index (κ2) is 8.32. The van der Waals surface area contributed by atoms with Crippen molar-refractivity contribution in [1.82, 2.24) is 19.6 Å². The molecule has 166 valence electrons. The first-order chi connectivity index (χ1) is 14.8. The largest absolute Gasteiger partial charge is 0.394 e. The highest BCUT2D eigenvalue weighted by atomic mass is 16.5. The van der Waals surface area contributed by atoms with Crippen molar-refractivity contribution in [1.29, 1.82) is 0 Å². The van der Waals surface area contributed by atoms with Crippen LogP contribution in [0.25, 0.3) is 0 Å². The summed E-state index contributed by atoms with van der Waals surface area (Å²) in [6.45, 7) is 7.42. The number of guanidine groups is 1. The second-order valence-electron chi connectivity index (χ2n) is 8.12. The van der Waals surface area contributed by atoms with E-state index in [0.29, 0.717) is 19.1 Å². The average Bonchev–Trinajstić information content (AvgIpc) is 3.25. The van der Waals surface area contributed by atoms with Crippen molar-refractivity contribution in [3.63, 3.8) is 0 Å². The molecular formula is C22H29N5O4. The summed E-state index contributed by atoms with van der Waals surface area (Å²) in [5.74, 6) is 0.431. The number of ether oxygens (including phenoxy) is 1. The minimum Gasteiger partial charge on any atom is -0.394 e. The van der Waals surface area contributed by atoms with E-state index in [0.717, 1.165) is 22.5 Å². The maximum Gasteiger partial charge on any atom is 0.328 e. The van der Waals surface area contributed by atoms with Gasteiger partial charge in [0.15, 0.2) is 12.2 Å². The van der Waals surface area contributed by atoms with Gasteiger partial charge in [-0.2, -0.15) is 0 Å². The first kappa shape index (κ1) is 21.3. The molecule has 0 bridgehead atoms. The Kier molecular flexibility index (Phi) is 5.72. The summed E-state index contributed by atoms with van der Waals surface area (Å²) >= 11 is 0. The zero-order valence-electron chi connectivity index (χ0n) is 18.4. The summed E-state index contributed by atoms with van der Waals surface area (Å²) in [7, 11) is 1.70. The number of imide groups is 1. The van der Waals surface area contributed by atoms with E-state index in [-0.39, 0.29) is 31.7 Å². The van der Waals surface area contributed by atoms with Crippen LogP contribution in [-0.2, 0) is 16.1 Å². The molecule has 3 amide bonds. The average molecular weight is 428 g/mol. The zero-order valence-corrected chi connectivity index (χ0v) is 18.4. The van der Waals surface area contributed by atoms with Crippen LogP contribution in [0.4, 0.5) is 4.79 Å². The van der Waals surface area contributed by atoms with E-state index in [1.165, 1.54) is 4.90 Å². The molecule has 0 saturated carbocycles. The van der Waals surface area contributed by atoms with Crippen molar-refractivity contribution in [2.45, 2.75) is 39.5 Å². The molecule has 9 nitrogen and oxygen atoms in total. The first-order valence-electron chi connectivity index (χ1n) is 10.5. The number of allylic oxidation sites excluding steroid dienone is 2. The number of hydrogen-bond donors (Lipinski definition) is 1. The van der Waals surface area contributed by atoms with Crippen molar-refractivity contribution in [3.05, 3.63) is 46.8 Å². The summed E-state index contributed by atoms with van der Waals surface area (Å²) in [6, 6.07) is 6.92. The number of aliphatic hydroxyl groups is 1. The number of urea groups is 1. The van der Waals surface area contributed by atoms with Crippen LogP contribution in [0.1, 0.15) is 25.0 Å². The third kappa shape index (κ3) is 3.57. The molecular weight excluding hydrogens is 398 g/mol. The number of fused-ring (bicyclic) bond motifs is 3. The number of benzene rings is 1. The van der Waals surface area contributed by atoms with Gasteiger partial charge in [0.1, 0.15) is 0 Å². The molecule has 2 unspecified atom stereocenters. The van der Waals surface area contributed by atoms with Crippen molar-refractivity contribution < 1.29 is 19.4 Å². The molecule has 0 aromatic heterocycles. The summed E-state index contributed by atoms with van der Waals surface area (Å²) in [6.07, 6.45) is -0.562. The normalized spacial score (nSPS) is 23.1. The van der Waals surface area contributed by atoms with Crippen molar-refractivity contribution in [3.8, 4) is 0 Å². The van der Waals surface area contributed by atoms with Crippen LogP contribution in [0.2, 0.25) is 0 Å². The van der Waals surface area contributed by atoms with Crippen LogP contribution in [0.15, 0.2) is 40.7 Å². The number of aryl methyl sites for hydroxylation is 1. The fourth-order valence-electron chi connectivity index (χ4n) is 4.29. The lowest BCUT2D eigenvalue weighted by Gasteiger charge is -2.40. The van der Waals surface area contributed by atoms with Crippen LogP contribution in [0.3, 0.4) is 0 Å². The molecule has 9 heteroatoms. The van der Waals surface area contributed by atoms with Gasteiger partial charge in [0.25, 0.3) is 5.91 Å². The van der Waals surface area contributed by atoms with Gasteiger partial charge in [-0.3, -0.25) is 14.6 Å². The Morgan fingerprint density at radius 1 is 1.03 bits per heavy atom. The summed E-state index contributed by atoms with van der Waals surface area (Å²) in [5, 5.41) is 8.91. The number of aliphatic imine (C=N–C) groups is 1. The number of carbonyl (C=O) groups excluding carboxylic acids is 2. The molecule has 1 fully saturated rings. The van der Waals surface area contributed by atoms with E-state index >= 15 is 0 Å². The molecule has 1 saturated heterocycles. The Morgan fingerprint density at radius 3 is 2.42 bits per heavy atom. The first-order valence-corrected chi connectivity index (χ1v) is 10.5. The minimum absolute atomic E-state index is 0.0245. The van der Waals surface area contributed by atoms with Gasteiger partial charge < -0.3 is 19.6 Å². The molecule has 31 heavy (non-hydrogen) atoms. The van der Waals surface area contributed by atoms with Gasteiger partial charge in [0.05, 0.1) is 26.4 Å². The Morgan fingerprint density at radius 2 is 1.74 bits per heavy atom. The van der Waals surface area contributed by atoms with Gasteiger partial charge in [-0.05, 0) is 26.3 Å². The molecule has 3 aliphatic heterocycles. The van der Waals surface area contributed by atoms with Crippen LogP contribution in [0, 0.1) is 6.92 Å². The molecule has 0 aliphatic carbocycles. The monoisotopic (exact) mass is 427 g/mol. The molecule has 4 rings (SSSR count). The number of rotatable bonds is 7. The standard InChI is InChI=1S/C22H29N5O4/c1-14-5-7-17(8-6-14)13-26-20(29)18-19(24(4)22(26)30)23-21-25(9-11-31-12-10-28)15(2)16(3)27(18)21/h5-8,18-19,28H,9-13H2,1-4H3. The van der Waals surface area contributed by atoms with E-state index in [4.69, 9.17) is 14.8 Å². The summed E-state index contributed by atoms with van der Waals surface area (Å²) < 4.78 is 5.42. The smallest absolute Gasteiger partial charge is 0.328 e. The van der Waals surface area contributed by atoms with Crippen LogP contribution < -0.4 is 0 Å². The lowest BCUT2D eigenvalue weighted by molar-refractivity contribution is -0.137. The molecule has 1 N–H and O–H groups in total. The summed E-state index contributed by atoms with van der Waals surface area (Å²) in [5.41, 5.74) is 3.98. The minimum atomic E-state index is -0.582. The number of likely N-dealkylation sites (N-methyl/N-ethyl adjacent to an activating group) is 1. The maximum atomic E-state index is 13.5. The second-order valence-corrected chi connectivity index (χ2v) is 8.12. The highest BCUT2D eigenvalue weighted by Gasteiger charge is 2.55. The Hall–Kier alpha value is -2.91. The predicted octanol–water partition coefficient (Wildman–Crippen LogP) is 1.33. The fraction of sp³-hybridized carbons (Fsp3) is 0.500. The van der Waals surface area contributed by atoms with E-state index in [2.05, 4.69) is 0 Å². The van der Waals surface area contributed by atoms with Gasteiger partial charge in [-0.1, -0.05) is 29.8 Å². The van der Waals surface area contributed by atoms with Gasteiger partial charge in [0.2, 0.25) is 5.96 Å². The van der Waals surface area contributed by atoms with Crippen LogP contribution >= 0.6 is 0 Å². The van der Waals surface area contributed by atoms with Gasteiger partial charge >= 0.3 is 6.03 Å². The third-order valence-corrected chi connectivity index (χ3v) is 6.16. The van der Waals surface area contributed by atoms with Gasteiger partial charge in [0, 0.05) is 25.0 Å². The molecule has 0 radical (unpaired) electrons. The SMILES string of the molecule is CC1=C(C)N2C(=NC3C2C(=O)N(Cc2ccc(C)cc2)C(=O)N3C)N1CCOCCO. The van der Waals surface area contributed by atoms with Crippen molar-refractivity contribution in [2.75, 3.05) is 33.4 Å². The topological polar surface area (TPSA) is 88.9 Å². The van der Waals surface area contributed by atoms with Crippen molar-refractivity contribution in [2.24, 2.45) is 4.99 Å². The molecule has 3 aliphatic rings. The lowest BCUT2D eigenvalue weighted by Crippen LogP contribution is -2.64. The number of carbonyl (C=O) groups is 2. The highest BCUT2D eigenvalue weighted by Crippen LogP contribution is 2.37. The zero-order chi connectivity index (χ0) is 22.3. The van der Waals surface area contributed by atoms with Crippen LogP contribution in [0.5, 0.6) is 0 Å². The Balaban J connectivity index is 1.58. The Labute approximate surface area is 182 Å². The van der Waals surface area contributed by atoms with E-state index in [9.17, 15) is 9.59 Å². The van der Waals surface area contributed by atoms with E-state index in [1.807, 2.05) is 54.8 Å². The molecule has 0 spiro atoms. The highest BCUT2D eigenvalue weighted by molar-refractivity contribution is 6.05. The van der Waals surface area contributed by atoms with Gasteiger partial charge in [-0.15, -0.1) is 0 Å². The molecule has 3 heterocycles. The number of hydrogen-bond acceptors (Lipinski definition) is 7. The maximum absolute atomic E-state index is 13.5. The van der Waals surface area contributed by atoms with E-state index < -0.39 is 12.2 Å². The number of aliphatic hydroxyl groups excluding tert-OH is 1. The van der Waals surface area contributed by atoms with E-state index in [1.54, 1.807) is 11.9 Å². The third-order valence-electron chi connectivity index (χ3n) is 6.16. The van der Waals surface area contributed by atoms with Crippen LogP contribution in [-0.4, -0.2) is 88.2 Å². The van der Waals surface area contributed by atoms with Crippen molar-refractivity contribution >= 4 is 17.9 Å². The molecule has 1 aromatic carbocycles. The molecule has 1 aromatic rings. The number of nitrogens with zero attached hydrogens (tertiary/aromatic N) is 5. The summed E-state index contributed by atoms with van der Waals surface area (Å²) in [4.78, 5) is 38.1. The molecule has 2 atom stereocenters. The fourth-order valence-corrected chi connectivity index (χ4v) is 4.29. The quantitative estimate of drug-likeness (QED) is 0.661. The van der Waals surface area contributed by atoms with Gasteiger partial charge in [-0.25, -0.2) is 9.79 Å². The lowest BCUT2D eigenvalue weighted by atomic mass is 10.1. The number of amides is 3. The Bertz CT molecular complexity index is 942. The predicted molar refractivity (Wildman–Crippen MR) is 115 cm³/mol.